The molecule has 0 spiro atoms. The third kappa shape index (κ3) is 5.15. The van der Waals surface area contributed by atoms with Gasteiger partial charge in [0.25, 0.3) is 0 Å². The minimum atomic E-state index is -4.53. The highest BCUT2D eigenvalue weighted by atomic mass is 19.4. The van der Waals surface area contributed by atoms with E-state index in [0.29, 0.717) is 12.2 Å². The van der Waals surface area contributed by atoms with Gasteiger partial charge in [-0.15, -0.1) is 0 Å². The van der Waals surface area contributed by atoms with Crippen LogP contribution in [0.25, 0.3) is 5.69 Å². The summed E-state index contributed by atoms with van der Waals surface area (Å²) in [6, 6.07) is 13.6. The van der Waals surface area contributed by atoms with Crippen LogP contribution in [0.4, 0.5) is 23.7 Å². The lowest BCUT2D eigenvalue weighted by Crippen LogP contribution is -2.29. The van der Waals surface area contributed by atoms with Crippen molar-refractivity contribution in [1.82, 2.24) is 24.9 Å². The second-order valence-electron chi connectivity index (χ2n) is 7.01. The average Bonchev–Trinajstić information content (AvgIpc) is 3.47. The first-order valence-corrected chi connectivity index (χ1v) is 9.70. The number of alkyl halides is 3. The molecule has 0 fully saturated rings. The van der Waals surface area contributed by atoms with Crippen LogP contribution in [0.1, 0.15) is 16.7 Å². The van der Waals surface area contributed by atoms with E-state index in [1.54, 1.807) is 23.1 Å². The van der Waals surface area contributed by atoms with E-state index < -0.39 is 17.8 Å². The molecule has 32 heavy (non-hydrogen) atoms. The fourth-order valence-electron chi connectivity index (χ4n) is 3.12. The summed E-state index contributed by atoms with van der Waals surface area (Å²) in [6.07, 6.45) is 2.12. The monoisotopic (exact) mass is 440 g/mol. The van der Waals surface area contributed by atoms with E-state index in [9.17, 15) is 18.0 Å². The Balaban J connectivity index is 1.42. The lowest BCUT2D eigenvalue weighted by Gasteiger charge is -2.15. The summed E-state index contributed by atoms with van der Waals surface area (Å²) in [4.78, 5) is 12.4. The summed E-state index contributed by atoms with van der Waals surface area (Å²) in [6.45, 7) is 0.844. The Morgan fingerprint density at radius 2 is 1.66 bits per heavy atom. The number of benzene rings is 2. The molecule has 0 unspecified atom stereocenters. The number of aromatic nitrogens is 4. The first-order valence-electron chi connectivity index (χ1n) is 9.70. The summed E-state index contributed by atoms with van der Waals surface area (Å²) in [5, 5.41) is 13.4. The number of carbonyl (C=O) groups is 1. The van der Waals surface area contributed by atoms with Crippen LogP contribution in [0.2, 0.25) is 0 Å². The Kier molecular flexibility index (Phi) is 5.93. The van der Waals surface area contributed by atoms with Crippen LogP contribution < -0.4 is 10.6 Å². The standard InChI is InChI=1S/C22H19F3N6O/c23-22(24,25)18-7-8-20(31-12-2-10-28-31)19(13-18)29-21(32)26-14-16-3-5-17(6-4-16)15-30-11-1-9-27-30/h1-13H,14-15H2,(H2,26,29,32). The van der Waals surface area contributed by atoms with Gasteiger partial charge in [-0.1, -0.05) is 24.3 Å². The van der Waals surface area contributed by atoms with Crippen molar-refractivity contribution in [3.05, 3.63) is 96.1 Å². The maximum absolute atomic E-state index is 13.1. The number of nitrogens with zero attached hydrogens (tertiary/aromatic N) is 4. The molecule has 2 amide bonds. The summed E-state index contributed by atoms with van der Waals surface area (Å²) in [5.41, 5.74) is 1.35. The first-order chi connectivity index (χ1) is 15.4. The third-order valence-electron chi connectivity index (χ3n) is 4.70. The van der Waals surface area contributed by atoms with Gasteiger partial charge in [0.2, 0.25) is 0 Å². The van der Waals surface area contributed by atoms with Crippen molar-refractivity contribution in [3.63, 3.8) is 0 Å². The minimum Gasteiger partial charge on any atom is -0.334 e. The van der Waals surface area contributed by atoms with E-state index in [1.807, 2.05) is 36.5 Å². The number of urea groups is 1. The van der Waals surface area contributed by atoms with Gasteiger partial charge >= 0.3 is 12.2 Å². The number of amides is 2. The Hall–Kier alpha value is -4.08. The van der Waals surface area contributed by atoms with E-state index in [1.165, 1.54) is 16.9 Å². The molecule has 0 saturated carbocycles. The van der Waals surface area contributed by atoms with E-state index >= 15 is 0 Å². The zero-order valence-electron chi connectivity index (χ0n) is 16.8. The van der Waals surface area contributed by atoms with Crippen LogP contribution >= 0.6 is 0 Å². The molecule has 0 aliphatic carbocycles. The van der Waals surface area contributed by atoms with Gasteiger partial charge in [-0.25, -0.2) is 9.48 Å². The molecule has 0 bridgehead atoms. The summed E-state index contributed by atoms with van der Waals surface area (Å²) < 4.78 is 42.6. The smallest absolute Gasteiger partial charge is 0.334 e. The average molecular weight is 440 g/mol. The Labute approximate surface area is 181 Å². The highest BCUT2D eigenvalue weighted by molar-refractivity contribution is 5.91. The highest BCUT2D eigenvalue weighted by Crippen LogP contribution is 2.33. The molecule has 164 valence electrons. The molecule has 0 radical (unpaired) electrons. The number of hydrogen-bond donors (Lipinski definition) is 2. The van der Waals surface area contributed by atoms with Gasteiger partial charge in [0, 0.05) is 31.3 Å². The van der Waals surface area contributed by atoms with Crippen molar-refractivity contribution < 1.29 is 18.0 Å². The number of nitrogens with one attached hydrogen (secondary N) is 2. The third-order valence-corrected chi connectivity index (χ3v) is 4.70. The zero-order chi connectivity index (χ0) is 22.6. The lowest BCUT2D eigenvalue weighted by molar-refractivity contribution is -0.137. The molecule has 0 atom stereocenters. The predicted octanol–water partition coefficient (Wildman–Crippen LogP) is 4.46. The molecule has 2 aromatic carbocycles. The highest BCUT2D eigenvalue weighted by Gasteiger charge is 2.31. The van der Waals surface area contributed by atoms with Crippen LogP contribution in [0, 0.1) is 0 Å². The number of rotatable bonds is 6. The molecule has 0 saturated heterocycles. The van der Waals surface area contributed by atoms with E-state index in [2.05, 4.69) is 20.8 Å². The van der Waals surface area contributed by atoms with Crippen molar-refractivity contribution >= 4 is 11.7 Å². The number of carbonyl (C=O) groups excluding carboxylic acids is 1. The molecular formula is C22H19F3N6O. The summed E-state index contributed by atoms with van der Waals surface area (Å²) in [7, 11) is 0. The normalized spacial score (nSPS) is 11.3. The van der Waals surface area contributed by atoms with Crippen molar-refractivity contribution in [2.75, 3.05) is 5.32 Å². The van der Waals surface area contributed by atoms with Crippen molar-refractivity contribution in [1.29, 1.82) is 0 Å². The first kappa shape index (κ1) is 21.2. The lowest BCUT2D eigenvalue weighted by atomic mass is 10.1. The number of hydrogen-bond acceptors (Lipinski definition) is 3. The molecule has 0 aliphatic heterocycles. The van der Waals surface area contributed by atoms with Gasteiger partial charge in [-0.05, 0) is 41.5 Å². The van der Waals surface area contributed by atoms with Gasteiger partial charge in [-0.2, -0.15) is 23.4 Å². The van der Waals surface area contributed by atoms with Crippen molar-refractivity contribution in [2.45, 2.75) is 19.3 Å². The summed E-state index contributed by atoms with van der Waals surface area (Å²) in [5.74, 6) is 0. The molecule has 2 heterocycles. The molecule has 0 aliphatic rings. The molecule has 7 nitrogen and oxygen atoms in total. The second kappa shape index (κ2) is 8.96. The fraction of sp³-hybridized carbons (Fsp3) is 0.136. The topological polar surface area (TPSA) is 76.8 Å². The van der Waals surface area contributed by atoms with Gasteiger partial charge in [0.1, 0.15) is 0 Å². The summed E-state index contributed by atoms with van der Waals surface area (Å²) >= 11 is 0. The molecule has 4 rings (SSSR count). The zero-order valence-corrected chi connectivity index (χ0v) is 16.8. The van der Waals surface area contributed by atoms with Gasteiger partial charge in [0.05, 0.1) is 23.5 Å². The second-order valence-corrected chi connectivity index (χ2v) is 7.01. The van der Waals surface area contributed by atoms with Crippen LogP contribution in [0.15, 0.2) is 79.4 Å². The molecule has 10 heteroatoms. The maximum Gasteiger partial charge on any atom is 0.416 e. The number of anilines is 1. The minimum absolute atomic E-state index is 0.00408. The SMILES string of the molecule is O=C(NCc1ccc(Cn2cccn2)cc1)Nc1cc(C(F)(F)F)ccc1-n1cccn1. The Bertz CT molecular complexity index is 1170. The van der Waals surface area contributed by atoms with Crippen LogP contribution in [-0.4, -0.2) is 25.6 Å². The van der Waals surface area contributed by atoms with Crippen molar-refractivity contribution in [3.8, 4) is 5.69 Å². The molecule has 2 N–H and O–H groups in total. The van der Waals surface area contributed by atoms with E-state index in [4.69, 9.17) is 0 Å². The van der Waals surface area contributed by atoms with Gasteiger partial charge in [-0.3, -0.25) is 4.68 Å². The van der Waals surface area contributed by atoms with Crippen LogP contribution in [0.3, 0.4) is 0 Å². The maximum atomic E-state index is 13.1. The molecule has 4 aromatic rings. The van der Waals surface area contributed by atoms with Gasteiger partial charge < -0.3 is 10.6 Å². The predicted molar refractivity (Wildman–Crippen MR) is 112 cm³/mol. The number of halogens is 3. The van der Waals surface area contributed by atoms with Crippen molar-refractivity contribution in [2.24, 2.45) is 0 Å². The Morgan fingerprint density at radius 1 is 0.938 bits per heavy atom. The Morgan fingerprint density at radius 3 is 2.31 bits per heavy atom. The van der Waals surface area contributed by atoms with E-state index in [0.717, 1.165) is 23.3 Å². The van der Waals surface area contributed by atoms with Gasteiger partial charge in [0.15, 0.2) is 0 Å². The molecular weight excluding hydrogens is 421 g/mol. The van der Waals surface area contributed by atoms with Crippen LogP contribution in [-0.2, 0) is 19.3 Å². The fourth-order valence-corrected chi connectivity index (χ4v) is 3.12. The molecule has 2 aromatic heterocycles. The quantitative estimate of drug-likeness (QED) is 0.465. The van der Waals surface area contributed by atoms with Crippen LogP contribution in [0.5, 0.6) is 0 Å². The largest absolute Gasteiger partial charge is 0.416 e. The van der Waals surface area contributed by atoms with E-state index in [-0.39, 0.29) is 12.2 Å².